The van der Waals surface area contributed by atoms with Crippen molar-refractivity contribution < 1.29 is 0 Å². The second-order valence-electron chi connectivity index (χ2n) is 3.59. The molecular weight excluding hydrogens is 198 g/mol. The Balaban J connectivity index is 2.33. The minimum absolute atomic E-state index is 0.857. The molecule has 1 aromatic carbocycles. The molecule has 0 fully saturated rings. The van der Waals surface area contributed by atoms with E-state index in [1.807, 2.05) is 24.3 Å². The first kappa shape index (κ1) is 10.6. The first-order chi connectivity index (χ1) is 7.92. The smallest absolute Gasteiger partial charge is 0.156 e. The van der Waals surface area contributed by atoms with E-state index in [-0.39, 0.29) is 0 Å². The van der Waals surface area contributed by atoms with Gasteiger partial charge in [-0.25, -0.2) is 0 Å². The van der Waals surface area contributed by atoms with Gasteiger partial charge in [0.05, 0.1) is 6.20 Å². The zero-order chi connectivity index (χ0) is 11.2. The molecule has 3 nitrogen and oxygen atoms in total. The molecule has 2 aromatic rings. The van der Waals surface area contributed by atoms with Crippen molar-refractivity contribution in [1.82, 2.24) is 10.2 Å². The highest BCUT2D eigenvalue weighted by Crippen LogP contribution is 2.24. The number of rotatable bonds is 4. The lowest BCUT2D eigenvalue weighted by molar-refractivity contribution is 0.945. The number of nitrogens with zero attached hydrogens (tertiary/aromatic N) is 2. The van der Waals surface area contributed by atoms with Crippen LogP contribution in [0.15, 0.2) is 42.6 Å². The largest absolute Gasteiger partial charge is 0.368 e. The van der Waals surface area contributed by atoms with Gasteiger partial charge in [-0.05, 0) is 18.1 Å². The highest BCUT2D eigenvalue weighted by atomic mass is 15.2. The Morgan fingerprint density at radius 1 is 1.12 bits per heavy atom. The Kier molecular flexibility index (Phi) is 3.49. The molecule has 16 heavy (non-hydrogen) atoms. The Hall–Kier alpha value is -1.90. The number of benzene rings is 1. The average Bonchev–Trinajstić information content (AvgIpc) is 2.38. The molecule has 0 bridgehead atoms. The van der Waals surface area contributed by atoms with E-state index in [1.54, 1.807) is 6.20 Å². The Bertz CT molecular complexity index is 440. The highest BCUT2D eigenvalue weighted by Gasteiger charge is 2.04. The van der Waals surface area contributed by atoms with Crippen molar-refractivity contribution in [3.8, 4) is 11.1 Å². The maximum absolute atomic E-state index is 4.13. The normalized spacial score (nSPS) is 10.1. The van der Waals surface area contributed by atoms with E-state index in [0.29, 0.717) is 0 Å². The fourth-order valence-corrected chi connectivity index (χ4v) is 1.56. The summed E-state index contributed by atoms with van der Waals surface area (Å²) >= 11 is 0. The van der Waals surface area contributed by atoms with Crippen LogP contribution in [0, 0.1) is 0 Å². The highest BCUT2D eigenvalue weighted by molar-refractivity contribution is 5.74. The van der Waals surface area contributed by atoms with Gasteiger partial charge in [-0.15, -0.1) is 5.10 Å². The molecule has 0 aliphatic heterocycles. The van der Waals surface area contributed by atoms with Gasteiger partial charge in [0.2, 0.25) is 0 Å². The molecule has 0 unspecified atom stereocenters. The van der Waals surface area contributed by atoms with E-state index >= 15 is 0 Å². The van der Waals surface area contributed by atoms with Crippen LogP contribution in [-0.4, -0.2) is 16.7 Å². The third-order valence-corrected chi connectivity index (χ3v) is 2.35. The van der Waals surface area contributed by atoms with Crippen LogP contribution in [0.2, 0.25) is 0 Å². The fourth-order valence-electron chi connectivity index (χ4n) is 1.56. The fraction of sp³-hybridized carbons (Fsp3) is 0.231. The second-order valence-corrected chi connectivity index (χ2v) is 3.59. The standard InChI is InChI=1S/C13H15N3/c1-2-9-14-13-12(8-10-15-16-13)11-6-4-3-5-7-11/h3-8,10H,2,9H2,1H3,(H,14,16). The van der Waals surface area contributed by atoms with Gasteiger partial charge in [0.15, 0.2) is 5.82 Å². The van der Waals surface area contributed by atoms with Crippen LogP contribution in [0.25, 0.3) is 11.1 Å². The monoisotopic (exact) mass is 213 g/mol. The molecule has 0 atom stereocenters. The second kappa shape index (κ2) is 5.26. The molecule has 3 heteroatoms. The van der Waals surface area contributed by atoms with Crippen LogP contribution in [0.1, 0.15) is 13.3 Å². The van der Waals surface area contributed by atoms with Gasteiger partial charge in [0, 0.05) is 12.1 Å². The van der Waals surface area contributed by atoms with Gasteiger partial charge in [0.1, 0.15) is 0 Å². The summed E-state index contributed by atoms with van der Waals surface area (Å²) in [6, 6.07) is 12.2. The predicted octanol–water partition coefficient (Wildman–Crippen LogP) is 2.97. The summed E-state index contributed by atoms with van der Waals surface area (Å²) in [6.45, 7) is 3.05. The van der Waals surface area contributed by atoms with Crippen molar-refractivity contribution in [1.29, 1.82) is 0 Å². The van der Waals surface area contributed by atoms with E-state index in [9.17, 15) is 0 Å². The van der Waals surface area contributed by atoms with E-state index < -0.39 is 0 Å². The summed E-state index contributed by atoms with van der Waals surface area (Å²) in [6.07, 6.45) is 2.80. The Morgan fingerprint density at radius 2 is 1.94 bits per heavy atom. The minimum atomic E-state index is 0.857. The van der Waals surface area contributed by atoms with Crippen LogP contribution in [0.3, 0.4) is 0 Å². The summed E-state index contributed by atoms with van der Waals surface area (Å²) < 4.78 is 0. The molecule has 0 amide bonds. The number of aromatic nitrogens is 2. The van der Waals surface area contributed by atoms with Gasteiger partial charge in [0.25, 0.3) is 0 Å². The van der Waals surface area contributed by atoms with E-state index in [4.69, 9.17) is 0 Å². The lowest BCUT2D eigenvalue weighted by Crippen LogP contribution is -2.04. The van der Waals surface area contributed by atoms with Crippen LogP contribution >= 0.6 is 0 Å². The van der Waals surface area contributed by atoms with Crippen molar-refractivity contribution in [2.24, 2.45) is 0 Å². The zero-order valence-corrected chi connectivity index (χ0v) is 9.35. The first-order valence-electron chi connectivity index (χ1n) is 5.53. The van der Waals surface area contributed by atoms with E-state index in [0.717, 1.165) is 29.9 Å². The van der Waals surface area contributed by atoms with E-state index in [1.165, 1.54) is 0 Å². The maximum atomic E-state index is 4.13. The number of hydrogen-bond donors (Lipinski definition) is 1. The molecule has 0 saturated carbocycles. The number of anilines is 1. The summed E-state index contributed by atoms with van der Waals surface area (Å²) in [7, 11) is 0. The summed E-state index contributed by atoms with van der Waals surface area (Å²) in [4.78, 5) is 0. The van der Waals surface area contributed by atoms with Gasteiger partial charge in [-0.3, -0.25) is 0 Å². The Labute approximate surface area is 95.5 Å². The predicted molar refractivity (Wildman–Crippen MR) is 66.2 cm³/mol. The minimum Gasteiger partial charge on any atom is -0.368 e. The van der Waals surface area contributed by atoms with Gasteiger partial charge in [-0.2, -0.15) is 5.10 Å². The van der Waals surface area contributed by atoms with Crippen molar-refractivity contribution >= 4 is 5.82 Å². The quantitative estimate of drug-likeness (QED) is 0.848. The molecule has 1 heterocycles. The van der Waals surface area contributed by atoms with Crippen LogP contribution < -0.4 is 5.32 Å². The van der Waals surface area contributed by atoms with Crippen molar-refractivity contribution in [3.05, 3.63) is 42.6 Å². The molecule has 82 valence electrons. The lowest BCUT2D eigenvalue weighted by Gasteiger charge is -2.08. The number of nitrogens with one attached hydrogen (secondary N) is 1. The van der Waals surface area contributed by atoms with Crippen LogP contribution in [0.5, 0.6) is 0 Å². The lowest BCUT2D eigenvalue weighted by atomic mass is 10.1. The van der Waals surface area contributed by atoms with Crippen LogP contribution in [0.4, 0.5) is 5.82 Å². The van der Waals surface area contributed by atoms with E-state index in [2.05, 4.69) is 34.6 Å². The van der Waals surface area contributed by atoms with Gasteiger partial charge in [-0.1, -0.05) is 37.3 Å². The van der Waals surface area contributed by atoms with Crippen molar-refractivity contribution in [2.45, 2.75) is 13.3 Å². The molecule has 0 aliphatic carbocycles. The Morgan fingerprint density at radius 3 is 2.69 bits per heavy atom. The maximum Gasteiger partial charge on any atom is 0.156 e. The summed E-state index contributed by atoms with van der Waals surface area (Å²) in [5, 5.41) is 11.3. The average molecular weight is 213 g/mol. The summed E-state index contributed by atoms with van der Waals surface area (Å²) in [5.41, 5.74) is 2.26. The molecule has 0 spiro atoms. The van der Waals surface area contributed by atoms with Gasteiger partial charge >= 0.3 is 0 Å². The van der Waals surface area contributed by atoms with Crippen molar-refractivity contribution in [3.63, 3.8) is 0 Å². The van der Waals surface area contributed by atoms with Crippen LogP contribution in [-0.2, 0) is 0 Å². The molecule has 0 radical (unpaired) electrons. The molecule has 2 rings (SSSR count). The molecular formula is C13H15N3. The molecule has 1 N–H and O–H groups in total. The molecule has 1 aromatic heterocycles. The number of hydrogen-bond acceptors (Lipinski definition) is 3. The zero-order valence-electron chi connectivity index (χ0n) is 9.35. The topological polar surface area (TPSA) is 37.8 Å². The first-order valence-corrected chi connectivity index (χ1v) is 5.53. The summed E-state index contributed by atoms with van der Waals surface area (Å²) in [5.74, 6) is 0.857. The SMILES string of the molecule is CCCNc1nnccc1-c1ccccc1. The molecule has 0 aliphatic rings. The third kappa shape index (κ3) is 2.37. The van der Waals surface area contributed by atoms with Gasteiger partial charge < -0.3 is 5.32 Å². The third-order valence-electron chi connectivity index (χ3n) is 2.35. The molecule has 0 saturated heterocycles. The van der Waals surface area contributed by atoms with Crippen molar-refractivity contribution in [2.75, 3.05) is 11.9 Å².